The summed E-state index contributed by atoms with van der Waals surface area (Å²) < 4.78 is 26.0. The molecule has 6 saturated carbocycles. The molecule has 7 aliphatic rings. The van der Waals surface area contributed by atoms with Crippen LogP contribution in [-0.4, -0.2) is 89.6 Å². The van der Waals surface area contributed by atoms with Crippen LogP contribution in [-0.2, 0) is 29.0 Å². The Balaban J connectivity index is 1.12. The van der Waals surface area contributed by atoms with Gasteiger partial charge in [-0.15, -0.1) is 0 Å². The molecule has 0 aromatic heterocycles. The first-order valence-corrected chi connectivity index (χ1v) is 21.7. The number of hydrogen-bond donors (Lipinski definition) is 4. The number of piperidine rings is 1. The van der Waals surface area contributed by atoms with Crippen molar-refractivity contribution in [3.63, 3.8) is 0 Å². The summed E-state index contributed by atoms with van der Waals surface area (Å²) in [6.45, 7) is 11.7. The molecule has 5 amide bonds. The minimum absolute atomic E-state index is 0.0182. The first kappa shape index (κ1) is 37.6. The summed E-state index contributed by atoms with van der Waals surface area (Å²) >= 11 is 0. The lowest BCUT2D eigenvalue weighted by Gasteiger charge is -2.44. The highest BCUT2D eigenvalue weighted by Gasteiger charge is 2.70. The first-order chi connectivity index (χ1) is 24.2. The van der Waals surface area contributed by atoms with E-state index in [2.05, 4.69) is 35.1 Å². The summed E-state index contributed by atoms with van der Waals surface area (Å²) in [6.07, 6.45) is 10.6. The van der Waals surface area contributed by atoms with Crippen LogP contribution in [0.25, 0.3) is 0 Å². The predicted molar refractivity (Wildman–Crippen MR) is 195 cm³/mol. The van der Waals surface area contributed by atoms with Crippen LogP contribution in [0.3, 0.4) is 0 Å². The second kappa shape index (κ2) is 13.0. The molecule has 290 valence electrons. The fourth-order valence-electron chi connectivity index (χ4n) is 10.1. The number of Topliss-reactive ketones (excluding diaryl/α,β-unsaturated/α-hetero) is 1. The average molecular weight is 744 g/mol. The highest BCUT2D eigenvalue weighted by molar-refractivity contribution is 7.92. The number of sulfone groups is 1. The van der Waals surface area contributed by atoms with Gasteiger partial charge in [-0.2, -0.15) is 0 Å². The molecule has 13 heteroatoms. The lowest BCUT2D eigenvalue weighted by molar-refractivity contribution is -0.146. The van der Waals surface area contributed by atoms with Gasteiger partial charge in [0.1, 0.15) is 12.1 Å². The molecule has 8 atom stereocenters. The molecule has 12 nitrogen and oxygen atoms in total. The van der Waals surface area contributed by atoms with Gasteiger partial charge in [0.2, 0.25) is 17.6 Å². The van der Waals surface area contributed by atoms with Gasteiger partial charge in [-0.1, -0.05) is 52.9 Å². The fourth-order valence-corrected chi connectivity index (χ4v) is 11.6. The number of ketones is 1. The topological polar surface area (TPSA) is 171 Å². The molecule has 7 rings (SSSR count). The second-order valence-corrected chi connectivity index (χ2v) is 22.5. The Morgan fingerprint density at radius 3 is 2.10 bits per heavy atom. The van der Waals surface area contributed by atoms with Crippen molar-refractivity contribution < 1.29 is 32.4 Å². The van der Waals surface area contributed by atoms with Crippen LogP contribution in [0.2, 0.25) is 0 Å². The monoisotopic (exact) mass is 743 g/mol. The van der Waals surface area contributed by atoms with E-state index in [0.29, 0.717) is 37.6 Å². The lowest BCUT2D eigenvalue weighted by atomic mass is 9.70. The van der Waals surface area contributed by atoms with Gasteiger partial charge in [0.15, 0.2) is 9.84 Å². The molecular formula is C39H61N5O7S. The van der Waals surface area contributed by atoms with Crippen molar-refractivity contribution in [2.45, 2.75) is 159 Å². The summed E-state index contributed by atoms with van der Waals surface area (Å²) in [6, 6.07) is -3.24. The van der Waals surface area contributed by atoms with Crippen LogP contribution < -0.4 is 21.3 Å². The minimum atomic E-state index is -3.55. The van der Waals surface area contributed by atoms with Gasteiger partial charge >= 0.3 is 6.03 Å². The quantitative estimate of drug-likeness (QED) is 0.209. The Bertz CT molecular complexity index is 1600. The molecule has 0 radical (unpaired) electrons. The zero-order valence-electron chi connectivity index (χ0n) is 32.0. The molecule has 4 N–H and O–H groups in total. The van der Waals surface area contributed by atoms with Gasteiger partial charge in [-0.25, -0.2) is 13.2 Å². The number of carbonyl (C=O) groups is 5. The molecule has 0 aromatic carbocycles. The third-order valence-corrected chi connectivity index (χ3v) is 17.0. The van der Waals surface area contributed by atoms with Gasteiger partial charge in [0, 0.05) is 12.6 Å². The zero-order chi connectivity index (χ0) is 37.6. The van der Waals surface area contributed by atoms with Crippen molar-refractivity contribution in [1.82, 2.24) is 26.2 Å². The third-order valence-electron chi connectivity index (χ3n) is 14.2. The number of hydrogen-bond acceptors (Lipinski definition) is 7. The number of carbonyl (C=O) groups excluding carboxylic acids is 5. The van der Waals surface area contributed by atoms with E-state index in [1.165, 1.54) is 0 Å². The minimum Gasteiger partial charge on any atom is -0.347 e. The Labute approximate surface area is 309 Å². The van der Waals surface area contributed by atoms with E-state index in [9.17, 15) is 32.4 Å². The maximum atomic E-state index is 14.9. The Morgan fingerprint density at radius 2 is 1.52 bits per heavy atom. The molecule has 0 spiro atoms. The lowest BCUT2D eigenvalue weighted by Crippen LogP contribution is -2.64. The van der Waals surface area contributed by atoms with Crippen molar-refractivity contribution >= 4 is 39.4 Å². The Hall–Kier alpha value is -2.70. The van der Waals surface area contributed by atoms with Gasteiger partial charge in [-0.05, 0) is 113 Å². The largest absolute Gasteiger partial charge is 0.347 e. The number of urea groups is 1. The van der Waals surface area contributed by atoms with Crippen LogP contribution in [0.15, 0.2) is 0 Å². The number of nitrogens with zero attached hydrogens (tertiary/aromatic N) is 1. The van der Waals surface area contributed by atoms with E-state index in [-0.39, 0.29) is 40.9 Å². The number of fused-ring (bicyclic) bond motifs is 2. The van der Waals surface area contributed by atoms with E-state index >= 15 is 0 Å². The molecule has 1 aliphatic heterocycles. The summed E-state index contributed by atoms with van der Waals surface area (Å²) in [5.74, 6) is -1.12. The Kier molecular flexibility index (Phi) is 9.38. The molecule has 1 saturated heterocycles. The van der Waals surface area contributed by atoms with Gasteiger partial charge < -0.3 is 26.2 Å². The van der Waals surface area contributed by atoms with E-state index < -0.39 is 67.3 Å². The van der Waals surface area contributed by atoms with Gasteiger partial charge in [0.25, 0.3) is 5.91 Å². The molecule has 0 bridgehead atoms. The van der Waals surface area contributed by atoms with E-state index in [1.807, 2.05) is 6.92 Å². The van der Waals surface area contributed by atoms with Gasteiger partial charge in [-0.3, -0.25) is 19.2 Å². The number of amides is 5. The maximum Gasteiger partial charge on any atom is 0.315 e. The maximum absolute atomic E-state index is 14.9. The van der Waals surface area contributed by atoms with Crippen molar-refractivity contribution in [3.05, 3.63) is 0 Å². The van der Waals surface area contributed by atoms with Crippen LogP contribution in [0, 0.1) is 40.4 Å². The third kappa shape index (κ3) is 7.37. The smallest absolute Gasteiger partial charge is 0.315 e. The standard InChI is InChI=1S/C39H61N5O7S/c1-36(2,3)52(50,51)21-39(18-23-17-24(23)19-39)43-35(49)42-31(38(6)14-8-7-9-15-38)34(48)44-20-26-28(37(26,4)5)29(44)32(46)41-27(16-22-10-11-22)30(45)33(47)40-25-12-13-25/h22-29,31H,7-21H2,1-6H3,(H,40,47)(H,41,46)(H2,42,43,49)/t23-,24+,26-,27?,28-,29-,31+,39+/m0/s1. The predicted octanol–water partition coefficient (Wildman–Crippen LogP) is 3.62. The highest BCUT2D eigenvalue weighted by Crippen LogP contribution is 2.65. The van der Waals surface area contributed by atoms with Crippen molar-refractivity contribution in [2.75, 3.05) is 12.3 Å². The molecule has 1 heterocycles. The summed E-state index contributed by atoms with van der Waals surface area (Å²) in [7, 11) is -3.55. The molecule has 1 unspecified atom stereocenters. The molecule has 52 heavy (non-hydrogen) atoms. The number of likely N-dealkylation sites (tertiary alicyclic amines) is 1. The van der Waals surface area contributed by atoms with Gasteiger partial charge in [0.05, 0.1) is 22.1 Å². The van der Waals surface area contributed by atoms with Crippen molar-refractivity contribution in [1.29, 1.82) is 0 Å². The first-order valence-electron chi connectivity index (χ1n) is 20.0. The molecular weight excluding hydrogens is 683 g/mol. The van der Waals surface area contributed by atoms with E-state index in [4.69, 9.17) is 0 Å². The molecule has 7 fully saturated rings. The van der Waals surface area contributed by atoms with Crippen LogP contribution in [0.4, 0.5) is 4.79 Å². The number of rotatable bonds is 13. The van der Waals surface area contributed by atoms with Crippen LogP contribution >= 0.6 is 0 Å². The van der Waals surface area contributed by atoms with Crippen LogP contribution in [0.1, 0.15) is 125 Å². The fraction of sp³-hybridized carbons (Fsp3) is 0.872. The van der Waals surface area contributed by atoms with E-state index in [0.717, 1.165) is 64.2 Å². The summed E-state index contributed by atoms with van der Waals surface area (Å²) in [4.78, 5) is 71.2. The van der Waals surface area contributed by atoms with Crippen LogP contribution in [0.5, 0.6) is 0 Å². The normalized spacial score (nSPS) is 33.9. The zero-order valence-corrected chi connectivity index (χ0v) is 32.8. The van der Waals surface area contributed by atoms with E-state index in [1.54, 1.807) is 25.7 Å². The SMILES string of the molecule is CC1([C@H](NC(=O)N[C@@]2(CS(=O)(=O)C(C)(C)C)C[C@H]3C[C@H]3C2)C(=O)N2C[C@H]3[C@@H]([C@H]2C(=O)NC(CC2CC2)C(=O)C(=O)NC2CC2)C3(C)C)CCCCC1. The summed E-state index contributed by atoms with van der Waals surface area (Å²) in [5.41, 5.74) is -1.65. The molecule has 6 aliphatic carbocycles. The van der Waals surface area contributed by atoms with Crippen molar-refractivity contribution in [3.8, 4) is 0 Å². The summed E-state index contributed by atoms with van der Waals surface area (Å²) in [5, 5.41) is 11.9. The second-order valence-electron chi connectivity index (χ2n) is 19.8. The molecule has 0 aromatic rings. The average Bonchev–Trinajstić information content (AvgIpc) is 3.99. The Morgan fingerprint density at radius 1 is 0.885 bits per heavy atom. The number of nitrogens with one attached hydrogen (secondary N) is 4. The highest BCUT2D eigenvalue weighted by atomic mass is 32.2. The van der Waals surface area contributed by atoms with Crippen molar-refractivity contribution in [2.24, 2.45) is 40.4 Å².